The van der Waals surface area contributed by atoms with Crippen LogP contribution in [0, 0.1) is 3.57 Å². The number of carbonyl (C=O) groups is 1. The normalized spacial score (nSPS) is 10.8. The van der Waals surface area contributed by atoms with Gasteiger partial charge in [0.1, 0.15) is 4.88 Å². The third-order valence-corrected chi connectivity index (χ3v) is 5.36. The molecular formula is C15H10ClIN2OS. The van der Waals surface area contributed by atoms with E-state index in [1.165, 1.54) is 11.3 Å². The maximum absolute atomic E-state index is 12.4. The first kappa shape index (κ1) is 14.6. The number of rotatable bonds is 2. The minimum atomic E-state index is -0.200. The molecular weight excluding hydrogens is 419 g/mol. The van der Waals surface area contributed by atoms with Crippen molar-refractivity contribution in [3.05, 3.63) is 55.9 Å². The molecule has 2 aromatic carbocycles. The molecule has 0 radical (unpaired) electrons. The molecule has 0 unspecified atom stereocenters. The van der Waals surface area contributed by atoms with E-state index in [0.717, 1.165) is 19.3 Å². The standard InChI is InChI=1S/C15H10ClIN2OS/c16-8-5-6-9-12(7-8)21-14(13(9)18)15(20)19-11-4-2-1-3-10(11)17/h1-7H,18H2,(H,19,20). The molecule has 0 saturated carbocycles. The predicted octanol–water partition coefficient (Wildman–Crippen LogP) is 4.99. The predicted molar refractivity (Wildman–Crippen MR) is 98.4 cm³/mol. The molecule has 0 bridgehead atoms. The number of hydrogen-bond acceptors (Lipinski definition) is 3. The van der Waals surface area contributed by atoms with Crippen LogP contribution >= 0.6 is 45.5 Å². The number of carbonyl (C=O) groups excluding carboxylic acids is 1. The number of para-hydroxylation sites is 1. The molecule has 1 amide bonds. The summed E-state index contributed by atoms with van der Waals surface area (Å²) in [6.07, 6.45) is 0. The number of nitrogens with two attached hydrogens (primary N) is 1. The molecule has 0 aliphatic carbocycles. The summed E-state index contributed by atoms with van der Waals surface area (Å²) < 4.78 is 1.89. The second-order valence-corrected chi connectivity index (χ2v) is 7.07. The van der Waals surface area contributed by atoms with Gasteiger partial charge in [0.2, 0.25) is 0 Å². The molecule has 106 valence electrons. The molecule has 6 heteroatoms. The minimum absolute atomic E-state index is 0.200. The highest BCUT2D eigenvalue weighted by Gasteiger charge is 2.17. The Bertz CT molecular complexity index is 847. The zero-order valence-electron chi connectivity index (χ0n) is 10.7. The number of halogens is 2. The Morgan fingerprint density at radius 2 is 2.00 bits per heavy atom. The lowest BCUT2D eigenvalue weighted by Gasteiger charge is -2.06. The van der Waals surface area contributed by atoms with E-state index in [2.05, 4.69) is 27.9 Å². The second-order valence-electron chi connectivity index (χ2n) is 4.42. The summed E-state index contributed by atoms with van der Waals surface area (Å²) in [7, 11) is 0. The maximum Gasteiger partial charge on any atom is 0.267 e. The van der Waals surface area contributed by atoms with E-state index in [0.29, 0.717) is 15.6 Å². The quantitative estimate of drug-likeness (QED) is 0.565. The van der Waals surface area contributed by atoms with Gasteiger partial charge in [-0.15, -0.1) is 11.3 Å². The Balaban J connectivity index is 1.98. The van der Waals surface area contributed by atoms with Crippen LogP contribution in [0.4, 0.5) is 11.4 Å². The summed E-state index contributed by atoms with van der Waals surface area (Å²) in [6, 6.07) is 13.0. The fourth-order valence-electron chi connectivity index (χ4n) is 2.00. The van der Waals surface area contributed by atoms with Gasteiger partial charge in [0.25, 0.3) is 5.91 Å². The van der Waals surface area contributed by atoms with Crippen molar-refractivity contribution in [2.45, 2.75) is 0 Å². The molecule has 3 rings (SSSR count). The van der Waals surface area contributed by atoms with E-state index in [1.54, 1.807) is 6.07 Å². The average molecular weight is 429 g/mol. The van der Waals surface area contributed by atoms with E-state index in [-0.39, 0.29) is 5.91 Å². The van der Waals surface area contributed by atoms with Gasteiger partial charge in [-0.25, -0.2) is 0 Å². The molecule has 21 heavy (non-hydrogen) atoms. The number of benzene rings is 2. The van der Waals surface area contributed by atoms with Crippen molar-refractivity contribution < 1.29 is 4.79 Å². The molecule has 1 heterocycles. The molecule has 0 atom stereocenters. The number of fused-ring (bicyclic) bond motifs is 1. The molecule has 0 saturated heterocycles. The summed E-state index contributed by atoms with van der Waals surface area (Å²) in [6.45, 7) is 0. The van der Waals surface area contributed by atoms with E-state index in [4.69, 9.17) is 17.3 Å². The summed E-state index contributed by atoms with van der Waals surface area (Å²) in [5.41, 5.74) is 7.36. The van der Waals surface area contributed by atoms with Crippen molar-refractivity contribution in [2.75, 3.05) is 11.1 Å². The summed E-state index contributed by atoms with van der Waals surface area (Å²) in [5, 5.41) is 4.39. The Morgan fingerprint density at radius 1 is 1.24 bits per heavy atom. The molecule has 0 spiro atoms. The van der Waals surface area contributed by atoms with Gasteiger partial charge >= 0.3 is 0 Å². The van der Waals surface area contributed by atoms with Crippen LogP contribution in [0.15, 0.2) is 42.5 Å². The van der Waals surface area contributed by atoms with Crippen molar-refractivity contribution in [3.8, 4) is 0 Å². The van der Waals surface area contributed by atoms with E-state index >= 15 is 0 Å². The molecule has 1 aromatic heterocycles. The Labute approximate surface area is 144 Å². The Kier molecular flexibility index (Phi) is 4.05. The van der Waals surface area contributed by atoms with Crippen LogP contribution in [-0.4, -0.2) is 5.91 Å². The monoisotopic (exact) mass is 428 g/mol. The van der Waals surface area contributed by atoms with Crippen molar-refractivity contribution in [1.82, 2.24) is 0 Å². The highest BCUT2D eigenvalue weighted by molar-refractivity contribution is 14.1. The number of nitrogens with one attached hydrogen (secondary N) is 1. The number of thiophene rings is 1. The Morgan fingerprint density at radius 3 is 2.76 bits per heavy atom. The first-order valence-corrected chi connectivity index (χ1v) is 8.37. The molecule has 0 fully saturated rings. The van der Waals surface area contributed by atoms with Gasteiger partial charge in [-0.2, -0.15) is 0 Å². The lowest BCUT2D eigenvalue weighted by atomic mass is 10.2. The zero-order chi connectivity index (χ0) is 15.0. The Hall–Kier alpha value is -1.31. The number of anilines is 2. The second kappa shape index (κ2) is 5.82. The van der Waals surface area contributed by atoms with Gasteiger partial charge in [0.15, 0.2) is 0 Å². The number of amides is 1. The molecule has 3 nitrogen and oxygen atoms in total. The van der Waals surface area contributed by atoms with E-state index in [1.807, 2.05) is 36.4 Å². The lowest BCUT2D eigenvalue weighted by molar-refractivity contribution is 0.103. The van der Waals surface area contributed by atoms with Gasteiger partial charge in [-0.05, 0) is 52.9 Å². The zero-order valence-corrected chi connectivity index (χ0v) is 14.4. The maximum atomic E-state index is 12.4. The molecule has 3 aromatic rings. The summed E-state index contributed by atoms with van der Waals surface area (Å²) in [4.78, 5) is 12.9. The summed E-state index contributed by atoms with van der Waals surface area (Å²) >= 11 is 9.50. The van der Waals surface area contributed by atoms with Gasteiger partial charge in [-0.1, -0.05) is 23.7 Å². The summed E-state index contributed by atoms with van der Waals surface area (Å²) in [5.74, 6) is -0.200. The van der Waals surface area contributed by atoms with Crippen molar-refractivity contribution in [2.24, 2.45) is 0 Å². The average Bonchev–Trinajstić information content (AvgIpc) is 2.78. The van der Waals surface area contributed by atoms with Crippen molar-refractivity contribution in [3.63, 3.8) is 0 Å². The van der Waals surface area contributed by atoms with Crippen LogP contribution in [0.3, 0.4) is 0 Å². The fourth-order valence-corrected chi connectivity index (χ4v) is 3.82. The SMILES string of the molecule is Nc1c(C(=O)Nc2ccccc2I)sc2cc(Cl)ccc12. The van der Waals surface area contributed by atoms with Crippen molar-refractivity contribution in [1.29, 1.82) is 0 Å². The van der Waals surface area contributed by atoms with Gasteiger partial charge in [-0.3, -0.25) is 4.79 Å². The highest BCUT2D eigenvalue weighted by Crippen LogP contribution is 2.35. The van der Waals surface area contributed by atoms with Gasteiger partial charge in [0, 0.05) is 18.7 Å². The van der Waals surface area contributed by atoms with Crippen molar-refractivity contribution >= 4 is 72.9 Å². The minimum Gasteiger partial charge on any atom is -0.397 e. The highest BCUT2D eigenvalue weighted by atomic mass is 127. The third kappa shape index (κ3) is 2.86. The van der Waals surface area contributed by atoms with Gasteiger partial charge in [0.05, 0.1) is 11.4 Å². The first-order valence-electron chi connectivity index (χ1n) is 6.09. The molecule has 3 N–H and O–H groups in total. The number of nitrogen functional groups attached to an aromatic ring is 1. The number of hydrogen-bond donors (Lipinski definition) is 2. The van der Waals surface area contributed by atoms with Crippen LogP contribution in [0.1, 0.15) is 9.67 Å². The van der Waals surface area contributed by atoms with Crippen LogP contribution < -0.4 is 11.1 Å². The van der Waals surface area contributed by atoms with E-state index < -0.39 is 0 Å². The molecule has 0 aliphatic heterocycles. The molecule has 0 aliphatic rings. The fraction of sp³-hybridized carbons (Fsp3) is 0. The lowest BCUT2D eigenvalue weighted by Crippen LogP contribution is -2.12. The van der Waals surface area contributed by atoms with Crippen LogP contribution in [-0.2, 0) is 0 Å². The smallest absolute Gasteiger partial charge is 0.267 e. The van der Waals surface area contributed by atoms with Crippen LogP contribution in [0.2, 0.25) is 5.02 Å². The largest absolute Gasteiger partial charge is 0.397 e. The topological polar surface area (TPSA) is 55.1 Å². The first-order chi connectivity index (χ1) is 10.1. The third-order valence-electron chi connectivity index (χ3n) is 3.02. The van der Waals surface area contributed by atoms with Gasteiger partial charge < -0.3 is 11.1 Å². The van der Waals surface area contributed by atoms with Crippen LogP contribution in [0.25, 0.3) is 10.1 Å². The van der Waals surface area contributed by atoms with Crippen LogP contribution in [0.5, 0.6) is 0 Å². The van der Waals surface area contributed by atoms with E-state index in [9.17, 15) is 4.79 Å².